The number of hydrogen-bond acceptors (Lipinski definition) is 13. The van der Waals surface area contributed by atoms with Crippen LogP contribution in [0.2, 0.25) is 0 Å². The van der Waals surface area contributed by atoms with Crippen molar-refractivity contribution in [2.45, 2.75) is 87.5 Å². The molecule has 15 heteroatoms. The quantitative estimate of drug-likeness (QED) is 0.101. The number of nitrogens with two attached hydrogens (primary N) is 1. The molecule has 9 N–H and O–H groups in total. The highest BCUT2D eigenvalue weighted by atomic mass is 16.7. The van der Waals surface area contributed by atoms with E-state index in [0.29, 0.717) is 13.0 Å². The number of hydrogen-bond donors (Lipinski definition) is 8. The molecule has 0 aromatic heterocycles. The second-order valence-corrected chi connectivity index (χ2v) is 8.60. The zero-order valence-electron chi connectivity index (χ0n) is 20.0. The van der Waals surface area contributed by atoms with Gasteiger partial charge < -0.3 is 65.4 Å². The van der Waals surface area contributed by atoms with Crippen LogP contribution in [0.3, 0.4) is 0 Å². The molecule has 0 saturated carbocycles. The van der Waals surface area contributed by atoms with Gasteiger partial charge in [-0.3, -0.25) is 9.59 Å². The second-order valence-electron chi connectivity index (χ2n) is 8.60. The van der Waals surface area contributed by atoms with E-state index >= 15 is 0 Å². The van der Waals surface area contributed by atoms with Gasteiger partial charge in [-0.05, 0) is 19.4 Å². The molecule has 210 valence electrons. The topological polar surface area (TPSA) is 240 Å². The molecule has 2 rings (SSSR count). The van der Waals surface area contributed by atoms with E-state index in [4.69, 9.17) is 34.5 Å². The van der Waals surface area contributed by atoms with Crippen LogP contribution in [0.15, 0.2) is 0 Å². The Morgan fingerprint density at radius 3 is 2.08 bits per heavy atom. The van der Waals surface area contributed by atoms with E-state index < -0.39 is 86.4 Å². The summed E-state index contributed by atoms with van der Waals surface area (Å²) in [5.74, 6) is -1.56. The van der Waals surface area contributed by atoms with E-state index in [1.807, 2.05) is 0 Å². The minimum absolute atomic E-state index is 0.0866. The maximum absolute atomic E-state index is 11.8. The van der Waals surface area contributed by atoms with Crippen molar-refractivity contribution in [3.8, 4) is 0 Å². The maximum atomic E-state index is 11.8. The van der Waals surface area contributed by atoms with Crippen molar-refractivity contribution in [3.63, 3.8) is 0 Å². The van der Waals surface area contributed by atoms with Crippen LogP contribution in [0.25, 0.3) is 0 Å². The molecular formula is C21H38N2O13. The Hall–Kier alpha value is -1.50. The standard InChI is InChI=1S/C21H38N2O13/c1-10(26)23-14-15(29)18(32-7-3-5-22)11(8-24)34-20(14)36-19-12(9-25)35-21(17(31)16(19)30)33-6-2-4-13(27)28/h11-12,14-21,24-25,29-31H,2-9,22H2,1H3,(H,23,26)(H,27,28)/t11?,12?,14?,15?,16?,17-,18+,19+,20-,21+/m0/s1. The summed E-state index contributed by atoms with van der Waals surface area (Å²) in [7, 11) is 0. The summed E-state index contributed by atoms with van der Waals surface area (Å²) in [6.45, 7) is 0.381. The van der Waals surface area contributed by atoms with Crippen molar-refractivity contribution in [2.75, 3.05) is 33.0 Å². The van der Waals surface area contributed by atoms with E-state index in [2.05, 4.69) is 5.32 Å². The number of amides is 1. The minimum Gasteiger partial charge on any atom is -0.481 e. The highest BCUT2D eigenvalue weighted by Gasteiger charge is 2.51. The molecule has 0 aromatic rings. The van der Waals surface area contributed by atoms with Crippen molar-refractivity contribution in [2.24, 2.45) is 5.73 Å². The lowest BCUT2D eigenvalue weighted by Gasteiger charge is -2.47. The summed E-state index contributed by atoms with van der Waals surface area (Å²) in [5.41, 5.74) is 5.46. The molecule has 0 aromatic carbocycles. The predicted octanol–water partition coefficient (Wildman–Crippen LogP) is -3.99. The van der Waals surface area contributed by atoms with Crippen LogP contribution < -0.4 is 11.1 Å². The lowest BCUT2D eigenvalue weighted by atomic mass is 9.95. The zero-order valence-corrected chi connectivity index (χ0v) is 20.0. The van der Waals surface area contributed by atoms with Crippen molar-refractivity contribution < 1.29 is 63.9 Å². The molecule has 2 fully saturated rings. The number of aliphatic carboxylic acids is 1. The molecule has 0 radical (unpaired) electrons. The van der Waals surface area contributed by atoms with Crippen LogP contribution in [0.5, 0.6) is 0 Å². The normalized spacial score (nSPS) is 37.0. The molecule has 2 aliphatic heterocycles. The van der Waals surface area contributed by atoms with Gasteiger partial charge in [-0.15, -0.1) is 0 Å². The first-order valence-corrected chi connectivity index (χ1v) is 11.8. The van der Waals surface area contributed by atoms with Gasteiger partial charge in [0.05, 0.1) is 19.8 Å². The summed E-state index contributed by atoms with van der Waals surface area (Å²) >= 11 is 0. The van der Waals surface area contributed by atoms with Crippen LogP contribution in [-0.4, -0.2) is 137 Å². The Bertz CT molecular complexity index is 684. The van der Waals surface area contributed by atoms with Gasteiger partial charge in [0, 0.05) is 20.0 Å². The largest absolute Gasteiger partial charge is 0.481 e. The fraction of sp³-hybridized carbons (Fsp3) is 0.905. The molecule has 1 amide bonds. The monoisotopic (exact) mass is 526 g/mol. The summed E-state index contributed by atoms with van der Waals surface area (Å²) < 4.78 is 28.0. The third kappa shape index (κ3) is 8.26. The fourth-order valence-electron chi connectivity index (χ4n) is 4.02. The fourth-order valence-corrected chi connectivity index (χ4v) is 4.02. The van der Waals surface area contributed by atoms with E-state index in [9.17, 15) is 35.1 Å². The number of aliphatic hydroxyl groups is 5. The minimum atomic E-state index is -1.66. The van der Waals surface area contributed by atoms with Gasteiger partial charge in [-0.2, -0.15) is 0 Å². The molecule has 0 aliphatic carbocycles. The average molecular weight is 527 g/mol. The number of aliphatic hydroxyl groups excluding tert-OH is 5. The van der Waals surface area contributed by atoms with Gasteiger partial charge in [-0.25, -0.2) is 0 Å². The van der Waals surface area contributed by atoms with Crippen molar-refractivity contribution in [1.29, 1.82) is 0 Å². The molecule has 2 heterocycles. The Balaban J connectivity index is 2.14. The molecular weight excluding hydrogens is 488 g/mol. The number of carbonyl (C=O) groups is 2. The molecule has 36 heavy (non-hydrogen) atoms. The number of rotatable bonds is 14. The van der Waals surface area contributed by atoms with Gasteiger partial charge in [0.25, 0.3) is 0 Å². The first-order valence-electron chi connectivity index (χ1n) is 11.8. The lowest BCUT2D eigenvalue weighted by Crippen LogP contribution is -2.68. The van der Waals surface area contributed by atoms with E-state index in [0.717, 1.165) is 0 Å². The Morgan fingerprint density at radius 1 is 0.889 bits per heavy atom. The number of carboxylic acid groups (broad SMARTS) is 1. The molecule has 5 unspecified atom stereocenters. The van der Waals surface area contributed by atoms with E-state index in [1.165, 1.54) is 6.92 Å². The third-order valence-corrected chi connectivity index (χ3v) is 5.81. The molecule has 2 saturated heterocycles. The van der Waals surface area contributed by atoms with Crippen molar-refractivity contribution >= 4 is 11.9 Å². The summed E-state index contributed by atoms with van der Waals surface area (Å²) in [6.07, 6.45) is -11.8. The van der Waals surface area contributed by atoms with Gasteiger partial charge in [-0.1, -0.05) is 0 Å². The third-order valence-electron chi connectivity index (χ3n) is 5.81. The Labute approximate surface area is 208 Å². The van der Waals surface area contributed by atoms with Gasteiger partial charge in [0.15, 0.2) is 12.6 Å². The van der Waals surface area contributed by atoms with Crippen molar-refractivity contribution in [3.05, 3.63) is 0 Å². The highest BCUT2D eigenvalue weighted by Crippen LogP contribution is 2.30. The van der Waals surface area contributed by atoms with Crippen LogP contribution >= 0.6 is 0 Å². The second kappa shape index (κ2) is 15.0. The van der Waals surface area contributed by atoms with E-state index in [-0.39, 0.29) is 26.1 Å². The van der Waals surface area contributed by atoms with Gasteiger partial charge in [0.2, 0.25) is 5.91 Å². The van der Waals surface area contributed by atoms with Crippen LogP contribution in [-0.2, 0) is 33.3 Å². The maximum Gasteiger partial charge on any atom is 0.303 e. The molecule has 15 nitrogen and oxygen atoms in total. The summed E-state index contributed by atoms with van der Waals surface area (Å²) in [6, 6.07) is -1.21. The van der Waals surface area contributed by atoms with Gasteiger partial charge >= 0.3 is 5.97 Å². The number of ether oxygens (including phenoxy) is 5. The van der Waals surface area contributed by atoms with Gasteiger partial charge in [0.1, 0.15) is 48.8 Å². The first-order chi connectivity index (χ1) is 17.1. The highest BCUT2D eigenvalue weighted by molar-refractivity contribution is 5.73. The molecule has 0 spiro atoms. The van der Waals surface area contributed by atoms with E-state index in [1.54, 1.807) is 0 Å². The van der Waals surface area contributed by atoms with Crippen molar-refractivity contribution in [1.82, 2.24) is 5.32 Å². The lowest BCUT2D eigenvalue weighted by molar-refractivity contribution is -0.348. The van der Waals surface area contributed by atoms with Crippen LogP contribution in [0, 0.1) is 0 Å². The smallest absolute Gasteiger partial charge is 0.303 e. The number of carboxylic acids is 1. The molecule has 10 atom stereocenters. The summed E-state index contributed by atoms with van der Waals surface area (Å²) in [4.78, 5) is 22.4. The predicted molar refractivity (Wildman–Crippen MR) is 118 cm³/mol. The number of nitrogens with one attached hydrogen (secondary N) is 1. The Kier molecular flexibility index (Phi) is 12.8. The number of carbonyl (C=O) groups excluding carboxylic acids is 1. The first kappa shape index (κ1) is 30.7. The van der Waals surface area contributed by atoms with Crippen LogP contribution in [0.4, 0.5) is 0 Å². The SMILES string of the molecule is CC(=O)NC1C(O)[C@H](OCCCN)C(CO)O[C@H]1O[C@@H]1C(CO)O[C@@H](OCCCC(=O)O)[C@@H](O)C1O. The summed E-state index contributed by atoms with van der Waals surface area (Å²) in [5, 5.41) is 62.9. The zero-order chi connectivity index (χ0) is 26.8. The Morgan fingerprint density at radius 2 is 1.50 bits per heavy atom. The van der Waals surface area contributed by atoms with Crippen LogP contribution in [0.1, 0.15) is 26.2 Å². The average Bonchev–Trinajstić information content (AvgIpc) is 2.83. The molecule has 0 bridgehead atoms. The molecule has 2 aliphatic rings.